The molecule has 0 saturated heterocycles. The van der Waals surface area contributed by atoms with Crippen molar-refractivity contribution in [1.82, 2.24) is 0 Å². The molecular weight excluding hydrogens is 212 g/mol. The largest absolute Gasteiger partial charge is 0.392 e. The van der Waals surface area contributed by atoms with Gasteiger partial charge in [-0.2, -0.15) is 5.26 Å². The van der Waals surface area contributed by atoms with E-state index in [0.29, 0.717) is 18.0 Å². The fourth-order valence-corrected chi connectivity index (χ4v) is 1.78. The van der Waals surface area contributed by atoms with E-state index in [2.05, 4.69) is 6.07 Å². The molecule has 0 aliphatic heterocycles. The van der Waals surface area contributed by atoms with Gasteiger partial charge in [0.2, 0.25) is 0 Å². The smallest absolute Gasteiger partial charge is 0.0702 e. The van der Waals surface area contributed by atoms with Crippen LogP contribution in [-0.2, 0) is 6.61 Å². The minimum absolute atomic E-state index is 0.0488. The number of benzene rings is 1. The molecule has 0 amide bonds. The first-order valence-corrected chi connectivity index (χ1v) is 5.04. The molecule has 0 aliphatic carbocycles. The zero-order valence-electron chi connectivity index (χ0n) is 8.57. The first-order valence-electron chi connectivity index (χ1n) is 4.67. The van der Waals surface area contributed by atoms with Gasteiger partial charge in [0.1, 0.15) is 0 Å². The molecule has 0 fully saturated rings. The van der Waals surface area contributed by atoms with Gasteiger partial charge in [0.15, 0.2) is 0 Å². The van der Waals surface area contributed by atoms with Gasteiger partial charge in [-0.15, -0.1) is 0 Å². The molecule has 1 rings (SSSR count). The van der Waals surface area contributed by atoms with Crippen LogP contribution in [0.1, 0.15) is 12.0 Å². The topological polar surface area (TPSA) is 47.3 Å². The summed E-state index contributed by atoms with van der Waals surface area (Å²) in [5, 5.41) is 18.3. The van der Waals surface area contributed by atoms with E-state index in [4.69, 9.17) is 22.0 Å². The van der Waals surface area contributed by atoms with E-state index in [1.165, 1.54) is 0 Å². The molecule has 0 atom stereocenters. The normalized spacial score (nSPS) is 9.73. The fourth-order valence-electron chi connectivity index (χ4n) is 1.44. The van der Waals surface area contributed by atoms with Crippen molar-refractivity contribution in [3.05, 3.63) is 28.8 Å². The molecule has 3 nitrogen and oxygen atoms in total. The van der Waals surface area contributed by atoms with Crippen molar-refractivity contribution in [3.63, 3.8) is 0 Å². The number of aliphatic hydroxyl groups is 1. The molecule has 0 saturated carbocycles. The van der Waals surface area contributed by atoms with Crippen molar-refractivity contribution in [2.75, 3.05) is 18.5 Å². The molecule has 0 aliphatic rings. The summed E-state index contributed by atoms with van der Waals surface area (Å²) in [7, 11) is 1.86. The van der Waals surface area contributed by atoms with Gasteiger partial charge in [-0.05, 0) is 6.07 Å². The maximum absolute atomic E-state index is 9.17. The zero-order chi connectivity index (χ0) is 11.3. The van der Waals surface area contributed by atoms with Crippen molar-refractivity contribution in [2.24, 2.45) is 0 Å². The molecule has 0 aromatic heterocycles. The Balaban J connectivity index is 2.96. The third kappa shape index (κ3) is 2.85. The van der Waals surface area contributed by atoms with E-state index in [9.17, 15) is 0 Å². The first kappa shape index (κ1) is 11.8. The van der Waals surface area contributed by atoms with Gasteiger partial charge >= 0.3 is 0 Å². The predicted octanol–water partition coefficient (Wildman–Crippen LogP) is 2.18. The zero-order valence-corrected chi connectivity index (χ0v) is 9.33. The third-order valence-corrected chi connectivity index (χ3v) is 2.49. The maximum atomic E-state index is 9.17. The molecule has 0 heterocycles. The molecule has 0 unspecified atom stereocenters. The van der Waals surface area contributed by atoms with E-state index in [0.717, 1.165) is 11.3 Å². The van der Waals surface area contributed by atoms with Gasteiger partial charge in [0.25, 0.3) is 0 Å². The summed E-state index contributed by atoms with van der Waals surface area (Å²) in [6.07, 6.45) is 0.437. The summed E-state index contributed by atoms with van der Waals surface area (Å²) in [5.41, 5.74) is 1.58. The Morgan fingerprint density at radius 1 is 1.53 bits per heavy atom. The van der Waals surface area contributed by atoms with Crippen LogP contribution in [0.4, 0.5) is 5.69 Å². The minimum Gasteiger partial charge on any atom is -0.392 e. The van der Waals surface area contributed by atoms with E-state index >= 15 is 0 Å². The van der Waals surface area contributed by atoms with Crippen molar-refractivity contribution in [3.8, 4) is 6.07 Å². The highest BCUT2D eigenvalue weighted by Gasteiger charge is 2.10. The second-order valence-corrected chi connectivity index (χ2v) is 3.64. The average molecular weight is 225 g/mol. The van der Waals surface area contributed by atoms with Gasteiger partial charge in [0.05, 0.1) is 29.8 Å². The lowest BCUT2D eigenvalue weighted by atomic mass is 10.1. The lowest BCUT2D eigenvalue weighted by Gasteiger charge is -2.22. The van der Waals surface area contributed by atoms with Gasteiger partial charge in [0, 0.05) is 19.2 Å². The van der Waals surface area contributed by atoms with Gasteiger partial charge in [-0.3, -0.25) is 0 Å². The van der Waals surface area contributed by atoms with Crippen LogP contribution in [0.25, 0.3) is 0 Å². The number of anilines is 1. The molecule has 15 heavy (non-hydrogen) atoms. The number of hydrogen-bond acceptors (Lipinski definition) is 3. The monoisotopic (exact) mass is 224 g/mol. The van der Waals surface area contributed by atoms with Crippen LogP contribution in [0.5, 0.6) is 0 Å². The van der Waals surface area contributed by atoms with Crippen molar-refractivity contribution in [1.29, 1.82) is 5.26 Å². The Hall–Kier alpha value is -1.24. The van der Waals surface area contributed by atoms with Crippen LogP contribution in [0, 0.1) is 11.3 Å². The number of rotatable bonds is 4. The number of hydrogen-bond donors (Lipinski definition) is 1. The summed E-state index contributed by atoms with van der Waals surface area (Å²) in [6, 6.07) is 7.48. The highest BCUT2D eigenvalue weighted by molar-refractivity contribution is 6.33. The van der Waals surface area contributed by atoms with Gasteiger partial charge in [-0.25, -0.2) is 0 Å². The maximum Gasteiger partial charge on any atom is 0.0702 e. The van der Waals surface area contributed by atoms with Crippen LogP contribution in [0.2, 0.25) is 5.02 Å². The second-order valence-electron chi connectivity index (χ2n) is 3.24. The lowest BCUT2D eigenvalue weighted by molar-refractivity contribution is 0.282. The van der Waals surface area contributed by atoms with Crippen LogP contribution >= 0.6 is 11.6 Å². The van der Waals surface area contributed by atoms with Crippen molar-refractivity contribution in [2.45, 2.75) is 13.0 Å². The summed E-state index contributed by atoms with van der Waals surface area (Å²) >= 11 is 6.05. The lowest BCUT2D eigenvalue weighted by Crippen LogP contribution is -2.20. The minimum atomic E-state index is -0.0488. The van der Waals surface area contributed by atoms with E-state index in [1.807, 2.05) is 18.0 Å². The van der Waals surface area contributed by atoms with Crippen molar-refractivity contribution < 1.29 is 5.11 Å². The predicted molar refractivity (Wildman–Crippen MR) is 60.9 cm³/mol. The summed E-state index contributed by atoms with van der Waals surface area (Å²) < 4.78 is 0. The summed E-state index contributed by atoms with van der Waals surface area (Å²) in [6.45, 7) is 0.556. The Morgan fingerprint density at radius 2 is 2.27 bits per heavy atom. The number of nitriles is 1. The standard InChI is InChI=1S/C11H13ClN2O/c1-14(7-3-6-13)11-9(8-15)4-2-5-10(11)12/h2,4-5,15H,3,7-8H2,1H3. The quantitative estimate of drug-likeness (QED) is 0.853. The van der Waals surface area contributed by atoms with Crippen molar-refractivity contribution >= 4 is 17.3 Å². The van der Waals surface area contributed by atoms with E-state index in [-0.39, 0.29) is 6.61 Å². The highest BCUT2D eigenvalue weighted by atomic mass is 35.5. The highest BCUT2D eigenvalue weighted by Crippen LogP contribution is 2.29. The third-order valence-electron chi connectivity index (χ3n) is 2.18. The molecule has 0 radical (unpaired) electrons. The Kier molecular flexibility index (Phi) is 4.41. The SMILES string of the molecule is CN(CCC#N)c1c(Cl)cccc1CO. The summed E-state index contributed by atoms with van der Waals surface area (Å²) in [5.74, 6) is 0. The van der Waals surface area contributed by atoms with Crippen LogP contribution in [0.3, 0.4) is 0 Å². The molecule has 0 spiro atoms. The number of halogens is 1. The van der Waals surface area contributed by atoms with Gasteiger partial charge in [-0.1, -0.05) is 23.7 Å². The molecule has 1 aromatic carbocycles. The van der Waals surface area contributed by atoms with Crippen LogP contribution in [-0.4, -0.2) is 18.7 Å². The molecule has 4 heteroatoms. The summed E-state index contributed by atoms with van der Waals surface area (Å²) in [4.78, 5) is 1.89. The number of nitrogens with zero attached hydrogens (tertiary/aromatic N) is 2. The van der Waals surface area contributed by atoms with Gasteiger partial charge < -0.3 is 10.0 Å². The molecule has 0 bridgehead atoms. The first-order chi connectivity index (χ1) is 7.20. The van der Waals surface area contributed by atoms with Crippen LogP contribution < -0.4 is 4.90 Å². The number of aliphatic hydroxyl groups excluding tert-OH is 1. The molecule has 1 aromatic rings. The Bertz CT molecular complexity index is 373. The molecule has 1 N–H and O–H groups in total. The molecular formula is C11H13ClN2O. The number of para-hydroxylation sites is 1. The van der Waals surface area contributed by atoms with E-state index in [1.54, 1.807) is 12.1 Å². The van der Waals surface area contributed by atoms with Crippen LogP contribution in [0.15, 0.2) is 18.2 Å². The van der Waals surface area contributed by atoms with E-state index < -0.39 is 0 Å². The molecule has 80 valence electrons. The fraction of sp³-hybridized carbons (Fsp3) is 0.364. The average Bonchev–Trinajstić information content (AvgIpc) is 2.25. The Labute approximate surface area is 94.5 Å². The second kappa shape index (κ2) is 5.59. The Morgan fingerprint density at radius 3 is 2.87 bits per heavy atom.